The molecule has 2 N–H and O–H groups in total. The summed E-state index contributed by atoms with van der Waals surface area (Å²) in [5.41, 5.74) is 1.86. The van der Waals surface area contributed by atoms with Crippen LogP contribution in [0.2, 0.25) is 0 Å². The van der Waals surface area contributed by atoms with Gasteiger partial charge in [0.2, 0.25) is 0 Å². The van der Waals surface area contributed by atoms with Crippen molar-refractivity contribution in [1.29, 1.82) is 0 Å². The van der Waals surface area contributed by atoms with Gasteiger partial charge in [0, 0.05) is 29.8 Å². The van der Waals surface area contributed by atoms with Crippen LogP contribution in [0.15, 0.2) is 59.4 Å². The van der Waals surface area contributed by atoms with E-state index in [1.54, 1.807) is 31.2 Å². The zero-order chi connectivity index (χ0) is 23.3. The second-order valence-corrected chi connectivity index (χ2v) is 7.16. The van der Waals surface area contributed by atoms with Gasteiger partial charge in [0.05, 0.1) is 12.0 Å². The first-order valence-electron chi connectivity index (χ1n) is 10.1. The number of Topliss-reactive ketones (excluding diaryl/α,β-unsaturated/α-hetero) is 2. The molecule has 8 heteroatoms. The number of ketones is 2. The van der Waals surface area contributed by atoms with Gasteiger partial charge >= 0.3 is 5.97 Å². The number of carboxylic acid groups (broad SMARTS) is 1. The summed E-state index contributed by atoms with van der Waals surface area (Å²) in [6.45, 7) is 3.50. The zero-order valence-corrected chi connectivity index (χ0v) is 17.8. The van der Waals surface area contributed by atoms with Gasteiger partial charge in [0.15, 0.2) is 11.6 Å². The van der Waals surface area contributed by atoms with E-state index >= 15 is 0 Å². The highest BCUT2D eigenvalue weighted by Gasteiger charge is 2.22. The fourth-order valence-corrected chi connectivity index (χ4v) is 3.29. The van der Waals surface area contributed by atoms with E-state index in [1.165, 1.54) is 11.6 Å². The number of benzene rings is 2. The lowest BCUT2D eigenvalue weighted by Crippen LogP contribution is -2.28. The first kappa shape index (κ1) is 22.6. The molecule has 0 saturated heterocycles. The van der Waals surface area contributed by atoms with Crippen molar-refractivity contribution in [3.63, 3.8) is 0 Å². The van der Waals surface area contributed by atoms with E-state index in [0.717, 1.165) is 0 Å². The van der Waals surface area contributed by atoms with Gasteiger partial charge in [-0.15, -0.1) is 0 Å². The van der Waals surface area contributed by atoms with Gasteiger partial charge in [-0.3, -0.25) is 19.2 Å². The Morgan fingerprint density at radius 3 is 2.22 bits per heavy atom. The highest BCUT2D eigenvalue weighted by Crippen LogP contribution is 2.27. The molecule has 32 heavy (non-hydrogen) atoms. The SMILES string of the molecule is CCn1nc(-c2ccccc2)c(C(C)=O)c(Nc2ccc(C(=O)CCC(=O)O)cc2)c1=O. The van der Waals surface area contributed by atoms with Crippen LogP contribution in [0, 0.1) is 0 Å². The summed E-state index contributed by atoms with van der Waals surface area (Å²) in [6.07, 6.45) is -0.334. The monoisotopic (exact) mass is 433 g/mol. The number of aromatic nitrogens is 2. The molecule has 1 aromatic heterocycles. The first-order valence-corrected chi connectivity index (χ1v) is 10.1. The van der Waals surface area contributed by atoms with Gasteiger partial charge < -0.3 is 10.4 Å². The van der Waals surface area contributed by atoms with Crippen LogP contribution in [0.5, 0.6) is 0 Å². The number of aryl methyl sites for hydroxylation is 1. The number of carbonyl (C=O) groups is 3. The summed E-state index contributed by atoms with van der Waals surface area (Å²) in [5.74, 6) is -1.63. The number of nitrogens with one attached hydrogen (secondary N) is 1. The molecule has 0 aliphatic rings. The lowest BCUT2D eigenvalue weighted by molar-refractivity contribution is -0.136. The van der Waals surface area contributed by atoms with Crippen LogP contribution < -0.4 is 10.9 Å². The summed E-state index contributed by atoms with van der Waals surface area (Å²) >= 11 is 0. The Hall–Kier alpha value is -4.07. The Bertz CT molecular complexity index is 1210. The van der Waals surface area contributed by atoms with E-state index in [9.17, 15) is 19.2 Å². The lowest BCUT2D eigenvalue weighted by atomic mass is 10.0. The Morgan fingerprint density at radius 2 is 1.66 bits per heavy atom. The standard InChI is InChI=1S/C24H23N3O5/c1-3-27-24(32)23(21(15(2)28)22(26-27)17-7-5-4-6-8-17)25-18-11-9-16(10-12-18)19(29)13-14-20(30)31/h4-12,25H,3,13-14H2,1-2H3,(H,30,31). The highest BCUT2D eigenvalue weighted by atomic mass is 16.4. The van der Waals surface area contributed by atoms with Crippen LogP contribution in [0.3, 0.4) is 0 Å². The molecular formula is C24H23N3O5. The summed E-state index contributed by atoms with van der Waals surface area (Å²) in [5, 5.41) is 16.2. The van der Waals surface area contributed by atoms with Crippen molar-refractivity contribution in [3.05, 3.63) is 76.1 Å². The lowest BCUT2D eigenvalue weighted by Gasteiger charge is -2.16. The molecule has 0 saturated carbocycles. The maximum Gasteiger partial charge on any atom is 0.303 e. The third-order valence-electron chi connectivity index (χ3n) is 4.90. The average molecular weight is 433 g/mol. The van der Waals surface area contributed by atoms with Gasteiger partial charge in [-0.1, -0.05) is 30.3 Å². The molecule has 0 aliphatic carbocycles. The number of nitrogens with zero attached hydrogens (tertiary/aromatic N) is 2. The number of rotatable bonds is 9. The second-order valence-electron chi connectivity index (χ2n) is 7.16. The Labute approximate surface area is 184 Å². The molecule has 3 aromatic rings. The Morgan fingerprint density at radius 1 is 1.00 bits per heavy atom. The molecule has 0 unspecified atom stereocenters. The number of carbonyl (C=O) groups excluding carboxylic acids is 2. The molecular weight excluding hydrogens is 410 g/mol. The number of hydrogen-bond donors (Lipinski definition) is 2. The second kappa shape index (κ2) is 9.82. The highest BCUT2D eigenvalue weighted by molar-refractivity contribution is 6.05. The van der Waals surface area contributed by atoms with Gasteiger partial charge in [-0.05, 0) is 38.1 Å². The van der Waals surface area contributed by atoms with Gasteiger partial charge in [-0.25, -0.2) is 4.68 Å². The normalized spacial score (nSPS) is 10.6. The van der Waals surface area contributed by atoms with Gasteiger partial charge in [0.25, 0.3) is 5.56 Å². The number of anilines is 2. The fraction of sp³-hybridized carbons (Fsp3) is 0.208. The number of carboxylic acids is 1. The maximum atomic E-state index is 13.0. The topological polar surface area (TPSA) is 118 Å². The number of hydrogen-bond acceptors (Lipinski definition) is 6. The van der Waals surface area contributed by atoms with Crippen LogP contribution in [-0.2, 0) is 11.3 Å². The van der Waals surface area contributed by atoms with Crippen molar-refractivity contribution >= 4 is 28.9 Å². The van der Waals surface area contributed by atoms with Crippen molar-refractivity contribution in [3.8, 4) is 11.3 Å². The maximum absolute atomic E-state index is 13.0. The van der Waals surface area contributed by atoms with Crippen LogP contribution >= 0.6 is 0 Å². The molecule has 0 atom stereocenters. The predicted octanol–water partition coefficient (Wildman–Crippen LogP) is 3.92. The minimum absolute atomic E-state index is 0.0947. The summed E-state index contributed by atoms with van der Waals surface area (Å²) in [6, 6.07) is 15.5. The molecule has 0 radical (unpaired) electrons. The van der Waals surface area contributed by atoms with Crippen LogP contribution in [-0.4, -0.2) is 32.4 Å². The first-order chi connectivity index (χ1) is 15.3. The third-order valence-corrected chi connectivity index (χ3v) is 4.90. The summed E-state index contributed by atoms with van der Waals surface area (Å²) in [7, 11) is 0. The fourth-order valence-electron chi connectivity index (χ4n) is 3.29. The molecule has 3 rings (SSSR count). The van der Waals surface area contributed by atoms with Crippen LogP contribution in [0.4, 0.5) is 11.4 Å². The van der Waals surface area contributed by atoms with E-state index < -0.39 is 11.5 Å². The van der Waals surface area contributed by atoms with Gasteiger partial charge in [-0.2, -0.15) is 5.10 Å². The molecule has 8 nitrogen and oxygen atoms in total. The molecule has 0 spiro atoms. The van der Waals surface area contributed by atoms with E-state index in [0.29, 0.717) is 29.1 Å². The van der Waals surface area contributed by atoms with E-state index in [-0.39, 0.29) is 35.7 Å². The average Bonchev–Trinajstić information content (AvgIpc) is 2.79. The molecule has 1 heterocycles. The summed E-state index contributed by atoms with van der Waals surface area (Å²) < 4.78 is 1.29. The third kappa shape index (κ3) is 4.97. The molecule has 2 aromatic carbocycles. The molecule has 0 aliphatic heterocycles. The van der Waals surface area contributed by atoms with Crippen molar-refractivity contribution < 1.29 is 19.5 Å². The van der Waals surface area contributed by atoms with E-state index in [2.05, 4.69) is 10.4 Å². The van der Waals surface area contributed by atoms with Crippen molar-refractivity contribution in [2.75, 3.05) is 5.32 Å². The van der Waals surface area contributed by atoms with Crippen molar-refractivity contribution in [2.24, 2.45) is 0 Å². The molecule has 0 bridgehead atoms. The minimum Gasteiger partial charge on any atom is -0.481 e. The largest absolute Gasteiger partial charge is 0.481 e. The van der Waals surface area contributed by atoms with Crippen molar-refractivity contribution in [1.82, 2.24) is 9.78 Å². The molecule has 0 amide bonds. The zero-order valence-electron chi connectivity index (χ0n) is 17.8. The van der Waals surface area contributed by atoms with Gasteiger partial charge in [0.1, 0.15) is 11.4 Å². The smallest absolute Gasteiger partial charge is 0.303 e. The summed E-state index contributed by atoms with van der Waals surface area (Å²) in [4.78, 5) is 48.3. The minimum atomic E-state index is -1.03. The molecule has 164 valence electrons. The van der Waals surface area contributed by atoms with Crippen LogP contribution in [0.1, 0.15) is 47.4 Å². The van der Waals surface area contributed by atoms with Crippen LogP contribution in [0.25, 0.3) is 11.3 Å². The number of aliphatic carboxylic acids is 1. The van der Waals surface area contributed by atoms with Crippen molar-refractivity contribution in [2.45, 2.75) is 33.2 Å². The quantitative estimate of drug-likeness (QED) is 0.491. The Balaban J connectivity index is 2.02. The molecule has 0 fully saturated rings. The van der Waals surface area contributed by atoms with E-state index in [1.807, 2.05) is 30.3 Å². The predicted molar refractivity (Wildman–Crippen MR) is 121 cm³/mol. The Kier molecular flexibility index (Phi) is 6.94. The van der Waals surface area contributed by atoms with E-state index in [4.69, 9.17) is 5.11 Å².